The highest BCUT2D eigenvalue weighted by molar-refractivity contribution is 7.99. The first-order chi connectivity index (χ1) is 14.7. The molecule has 0 spiro atoms. The Morgan fingerprint density at radius 2 is 2.13 bits per heavy atom. The fourth-order valence-corrected chi connectivity index (χ4v) is 5.76. The summed E-state index contributed by atoms with van der Waals surface area (Å²) in [5.74, 6) is -0.0132. The van der Waals surface area contributed by atoms with Gasteiger partial charge in [-0.1, -0.05) is 30.0 Å². The summed E-state index contributed by atoms with van der Waals surface area (Å²) in [6.45, 7) is 0. The number of carbonyl (C=O) groups is 1. The van der Waals surface area contributed by atoms with Gasteiger partial charge in [-0.15, -0.1) is 21.5 Å². The van der Waals surface area contributed by atoms with E-state index in [2.05, 4.69) is 26.6 Å². The topological polar surface area (TPSA) is 96.5 Å². The first-order valence-electron chi connectivity index (χ1n) is 9.71. The van der Waals surface area contributed by atoms with Gasteiger partial charge < -0.3 is 9.88 Å². The van der Waals surface area contributed by atoms with Crippen LogP contribution in [0, 0.1) is 11.3 Å². The lowest BCUT2D eigenvalue weighted by Gasteiger charge is -2.09. The van der Waals surface area contributed by atoms with Gasteiger partial charge in [0.1, 0.15) is 16.6 Å². The number of thiophene rings is 1. The van der Waals surface area contributed by atoms with Gasteiger partial charge in [0.05, 0.1) is 16.8 Å². The van der Waals surface area contributed by atoms with Crippen LogP contribution in [0.5, 0.6) is 0 Å². The van der Waals surface area contributed by atoms with Crippen molar-refractivity contribution in [2.45, 2.75) is 30.8 Å². The van der Waals surface area contributed by atoms with Crippen molar-refractivity contribution in [2.75, 3.05) is 11.1 Å². The van der Waals surface area contributed by atoms with Crippen LogP contribution in [0.1, 0.15) is 28.8 Å². The summed E-state index contributed by atoms with van der Waals surface area (Å²) < 4.78 is 1.98. The molecule has 0 atom stereocenters. The predicted molar refractivity (Wildman–Crippen MR) is 119 cm³/mol. The molecule has 4 aromatic rings. The van der Waals surface area contributed by atoms with E-state index >= 15 is 0 Å². The highest BCUT2D eigenvalue weighted by Gasteiger charge is 2.22. The number of thioether (sulfide) groups is 1. The average molecular weight is 435 g/mol. The normalized spacial score (nSPS) is 13.3. The van der Waals surface area contributed by atoms with Gasteiger partial charge in [0, 0.05) is 17.3 Å². The van der Waals surface area contributed by atoms with Gasteiger partial charge in [-0.05, 0) is 37.3 Å². The number of anilines is 1. The summed E-state index contributed by atoms with van der Waals surface area (Å²) in [4.78, 5) is 18.4. The Morgan fingerprint density at radius 1 is 1.30 bits per heavy atom. The van der Waals surface area contributed by atoms with Crippen LogP contribution in [0.3, 0.4) is 0 Å². The molecule has 3 aromatic heterocycles. The third-order valence-electron chi connectivity index (χ3n) is 5.36. The number of fused-ring (bicyclic) bond motifs is 4. The van der Waals surface area contributed by atoms with Gasteiger partial charge >= 0.3 is 0 Å². The van der Waals surface area contributed by atoms with Gasteiger partial charge in [-0.3, -0.25) is 4.79 Å². The number of nitriles is 1. The van der Waals surface area contributed by atoms with Crippen LogP contribution < -0.4 is 5.32 Å². The van der Waals surface area contributed by atoms with E-state index in [4.69, 9.17) is 0 Å². The molecule has 1 N–H and O–H groups in total. The molecule has 9 heteroatoms. The molecule has 1 aromatic carbocycles. The fraction of sp³-hybridized carbons (Fsp3) is 0.286. The van der Waals surface area contributed by atoms with Crippen molar-refractivity contribution in [3.8, 4) is 6.07 Å². The fourth-order valence-electron chi connectivity index (χ4n) is 3.92. The molecule has 0 fully saturated rings. The first-order valence-corrected chi connectivity index (χ1v) is 11.5. The summed E-state index contributed by atoms with van der Waals surface area (Å²) in [6, 6.07) is 10.2. The largest absolute Gasteiger partial charge is 0.327 e. The van der Waals surface area contributed by atoms with Crippen molar-refractivity contribution >= 4 is 56.1 Å². The quantitative estimate of drug-likeness (QED) is 0.487. The summed E-state index contributed by atoms with van der Waals surface area (Å²) in [7, 11) is 1.95. The van der Waals surface area contributed by atoms with E-state index < -0.39 is 0 Å². The van der Waals surface area contributed by atoms with Gasteiger partial charge in [-0.25, -0.2) is 4.98 Å². The van der Waals surface area contributed by atoms with Crippen LogP contribution in [-0.2, 0) is 24.7 Å². The Bertz CT molecular complexity index is 1330. The molecule has 0 saturated heterocycles. The van der Waals surface area contributed by atoms with E-state index in [9.17, 15) is 10.1 Å². The Balaban J connectivity index is 1.33. The summed E-state index contributed by atoms with van der Waals surface area (Å²) in [5, 5.41) is 23.1. The number of carbonyl (C=O) groups excluding carboxylic acids is 1. The van der Waals surface area contributed by atoms with Crippen molar-refractivity contribution in [2.24, 2.45) is 7.05 Å². The molecule has 30 heavy (non-hydrogen) atoms. The third-order valence-corrected chi connectivity index (χ3v) is 7.40. The van der Waals surface area contributed by atoms with E-state index in [1.54, 1.807) is 0 Å². The van der Waals surface area contributed by atoms with Crippen molar-refractivity contribution in [1.29, 1.82) is 5.26 Å². The maximum absolute atomic E-state index is 12.5. The molecular weight excluding hydrogens is 416 g/mol. The zero-order valence-electron chi connectivity index (χ0n) is 16.3. The van der Waals surface area contributed by atoms with E-state index in [1.807, 2.05) is 35.9 Å². The number of amides is 1. The summed E-state index contributed by atoms with van der Waals surface area (Å²) in [6.07, 6.45) is 4.15. The van der Waals surface area contributed by atoms with Gasteiger partial charge in [0.25, 0.3) is 0 Å². The smallest absolute Gasteiger partial charge is 0.235 e. The number of nitrogens with zero attached hydrogens (tertiary/aromatic N) is 5. The lowest BCUT2D eigenvalue weighted by molar-refractivity contribution is -0.113. The zero-order valence-corrected chi connectivity index (χ0v) is 17.9. The predicted octanol–water partition coefficient (Wildman–Crippen LogP) is 4.06. The molecule has 0 saturated carbocycles. The molecule has 0 bridgehead atoms. The van der Waals surface area contributed by atoms with Crippen molar-refractivity contribution in [3.05, 3.63) is 40.3 Å². The number of aryl methyl sites for hydroxylation is 2. The monoisotopic (exact) mass is 434 g/mol. The Morgan fingerprint density at radius 3 is 3.00 bits per heavy atom. The number of hydrogen-bond acceptors (Lipinski definition) is 7. The average Bonchev–Trinajstić information content (AvgIpc) is 3.27. The van der Waals surface area contributed by atoms with Crippen molar-refractivity contribution in [1.82, 2.24) is 19.7 Å². The number of para-hydroxylation sites is 1. The van der Waals surface area contributed by atoms with E-state index in [0.717, 1.165) is 53.3 Å². The molecule has 1 aliphatic rings. The number of benzene rings is 1. The van der Waals surface area contributed by atoms with Gasteiger partial charge in [0.2, 0.25) is 11.1 Å². The van der Waals surface area contributed by atoms with Crippen LogP contribution in [0.4, 0.5) is 5.00 Å². The maximum atomic E-state index is 12.5. The van der Waals surface area contributed by atoms with Crippen LogP contribution in [-0.4, -0.2) is 31.4 Å². The second kappa shape index (κ2) is 7.70. The minimum atomic E-state index is -0.171. The van der Waals surface area contributed by atoms with Crippen molar-refractivity contribution < 1.29 is 4.79 Å². The standard InChI is InChI=1S/C21H18N6OS2/c1-27-15-8-4-2-7-13(15)18-19(27)24-21(26-25-18)29-11-17(28)23-20-14(10-22)12-6-3-5-9-16(12)30-20/h2,4,7-8H,3,5-6,9,11H2,1H3,(H,23,28). The van der Waals surface area contributed by atoms with Gasteiger partial charge in [-0.2, -0.15) is 5.26 Å². The SMILES string of the molecule is Cn1c2ccccc2c2nnc(SCC(=O)Nc3sc4c(c3C#N)CCCC4)nc21. The number of nitrogens with one attached hydrogen (secondary N) is 1. The number of aromatic nitrogens is 4. The molecule has 1 aliphatic carbocycles. The molecule has 150 valence electrons. The molecule has 0 radical (unpaired) electrons. The first kappa shape index (κ1) is 19.0. The number of hydrogen-bond donors (Lipinski definition) is 1. The minimum Gasteiger partial charge on any atom is -0.327 e. The minimum absolute atomic E-state index is 0.157. The van der Waals surface area contributed by atoms with Crippen LogP contribution in [0.25, 0.3) is 22.1 Å². The van der Waals surface area contributed by atoms with E-state index in [0.29, 0.717) is 15.7 Å². The van der Waals surface area contributed by atoms with Crippen LogP contribution in [0.2, 0.25) is 0 Å². The zero-order chi connectivity index (χ0) is 20.7. The molecule has 7 nitrogen and oxygen atoms in total. The van der Waals surface area contributed by atoms with Gasteiger partial charge in [0.15, 0.2) is 5.65 Å². The molecular formula is C21H18N6OS2. The second-order valence-electron chi connectivity index (χ2n) is 7.21. The Kier molecular flexibility index (Phi) is 4.89. The molecule has 3 heterocycles. The highest BCUT2D eigenvalue weighted by Crippen LogP contribution is 2.37. The number of rotatable bonds is 4. The second-order valence-corrected chi connectivity index (χ2v) is 9.25. The summed E-state index contributed by atoms with van der Waals surface area (Å²) >= 11 is 2.77. The maximum Gasteiger partial charge on any atom is 0.235 e. The molecule has 0 unspecified atom stereocenters. The molecule has 5 rings (SSSR count). The Labute approximate surface area is 181 Å². The van der Waals surface area contributed by atoms with Crippen molar-refractivity contribution in [3.63, 3.8) is 0 Å². The van der Waals surface area contributed by atoms with E-state index in [-0.39, 0.29) is 11.7 Å². The summed E-state index contributed by atoms with van der Waals surface area (Å²) in [5.41, 5.74) is 4.28. The lowest BCUT2D eigenvalue weighted by Crippen LogP contribution is -2.14. The molecule has 1 amide bonds. The van der Waals surface area contributed by atoms with Crippen LogP contribution >= 0.6 is 23.1 Å². The lowest BCUT2D eigenvalue weighted by atomic mass is 9.96. The Hall–Kier alpha value is -2.96. The third kappa shape index (κ3) is 3.22. The van der Waals surface area contributed by atoms with E-state index in [1.165, 1.54) is 28.0 Å². The highest BCUT2D eigenvalue weighted by atomic mass is 32.2. The van der Waals surface area contributed by atoms with Crippen LogP contribution in [0.15, 0.2) is 29.4 Å². The molecule has 0 aliphatic heterocycles.